The summed E-state index contributed by atoms with van der Waals surface area (Å²) in [6.07, 6.45) is 0.770. The molecule has 0 spiro atoms. The molecule has 4 nitrogen and oxygen atoms in total. The van der Waals surface area contributed by atoms with E-state index in [9.17, 15) is 4.79 Å². The Kier molecular flexibility index (Phi) is 4.06. The number of hydrogen-bond acceptors (Lipinski definition) is 3. The fraction of sp³-hybridized carbons (Fsp3) is 0.211. The molecule has 0 amide bonds. The molecular weight excluding hydrogens is 286 g/mol. The third kappa shape index (κ3) is 2.93. The highest BCUT2D eigenvalue weighted by Crippen LogP contribution is 2.25. The van der Waals surface area contributed by atoms with Crippen molar-refractivity contribution in [2.45, 2.75) is 27.3 Å². The van der Waals surface area contributed by atoms with Crippen LogP contribution in [0.25, 0.3) is 11.3 Å². The Morgan fingerprint density at radius 3 is 2.48 bits per heavy atom. The van der Waals surface area contributed by atoms with Crippen molar-refractivity contribution in [1.29, 1.82) is 0 Å². The number of hydrogen-bond donors (Lipinski definition) is 0. The maximum atomic E-state index is 11.4. The zero-order chi connectivity index (χ0) is 16.4. The average Bonchev–Trinajstić information content (AvgIpc) is 2.95. The van der Waals surface area contributed by atoms with E-state index in [1.807, 2.05) is 18.2 Å². The van der Waals surface area contributed by atoms with Crippen LogP contribution in [-0.4, -0.2) is 21.3 Å². The van der Waals surface area contributed by atoms with Crippen molar-refractivity contribution in [2.24, 2.45) is 0 Å². The first-order valence-electron chi connectivity index (χ1n) is 7.61. The van der Waals surface area contributed by atoms with Crippen molar-refractivity contribution in [3.05, 3.63) is 70.4 Å². The van der Waals surface area contributed by atoms with Gasteiger partial charge >= 0.3 is 0 Å². The van der Waals surface area contributed by atoms with Gasteiger partial charge in [-0.1, -0.05) is 41.6 Å². The topological polar surface area (TPSA) is 47.8 Å². The summed E-state index contributed by atoms with van der Waals surface area (Å²) in [7, 11) is 0. The van der Waals surface area contributed by atoms with E-state index in [0.29, 0.717) is 12.2 Å². The molecule has 116 valence electrons. The minimum absolute atomic E-state index is 0.377. The molecule has 2 aromatic carbocycles. The lowest BCUT2D eigenvalue weighted by molar-refractivity contribution is 0.111. The monoisotopic (exact) mass is 305 g/mol. The summed E-state index contributed by atoms with van der Waals surface area (Å²) in [5, 5.41) is 8.22. The number of aryl methyl sites for hydroxylation is 3. The molecule has 23 heavy (non-hydrogen) atoms. The number of carbonyl (C=O) groups excluding carboxylic acids is 1. The first-order chi connectivity index (χ1) is 11.1. The molecule has 4 heteroatoms. The van der Waals surface area contributed by atoms with Gasteiger partial charge in [0, 0.05) is 5.56 Å². The third-order valence-electron chi connectivity index (χ3n) is 4.23. The Hall–Kier alpha value is -2.75. The van der Waals surface area contributed by atoms with E-state index in [2.05, 4.69) is 55.3 Å². The highest BCUT2D eigenvalue weighted by Gasteiger charge is 2.15. The summed E-state index contributed by atoms with van der Waals surface area (Å²) in [6, 6.07) is 14.3. The lowest BCUT2D eigenvalue weighted by Crippen LogP contribution is -2.06. The molecule has 0 fully saturated rings. The highest BCUT2D eigenvalue weighted by molar-refractivity contribution is 5.83. The summed E-state index contributed by atoms with van der Waals surface area (Å²) in [4.78, 5) is 11.4. The van der Waals surface area contributed by atoms with Crippen LogP contribution in [0, 0.1) is 20.8 Å². The number of carbonyl (C=O) groups is 1. The van der Waals surface area contributed by atoms with Gasteiger partial charge in [-0.3, -0.25) is 4.79 Å². The highest BCUT2D eigenvalue weighted by atomic mass is 16.1. The van der Waals surface area contributed by atoms with Crippen LogP contribution in [0.2, 0.25) is 0 Å². The van der Waals surface area contributed by atoms with E-state index in [-0.39, 0.29) is 0 Å². The van der Waals surface area contributed by atoms with Gasteiger partial charge in [0.25, 0.3) is 0 Å². The Morgan fingerprint density at radius 1 is 1.00 bits per heavy atom. The van der Waals surface area contributed by atoms with Crippen molar-refractivity contribution in [2.75, 3.05) is 0 Å². The van der Waals surface area contributed by atoms with Crippen molar-refractivity contribution < 1.29 is 4.79 Å². The molecule has 1 aromatic heterocycles. The first kappa shape index (κ1) is 15.2. The van der Waals surface area contributed by atoms with E-state index >= 15 is 0 Å². The van der Waals surface area contributed by atoms with Gasteiger partial charge in [-0.05, 0) is 49.1 Å². The van der Waals surface area contributed by atoms with Gasteiger partial charge in [-0.15, -0.1) is 5.10 Å². The van der Waals surface area contributed by atoms with Crippen LogP contribution in [0.3, 0.4) is 0 Å². The van der Waals surface area contributed by atoms with E-state index in [4.69, 9.17) is 0 Å². The molecule has 3 rings (SSSR count). The minimum Gasteiger partial charge on any atom is -0.296 e. The van der Waals surface area contributed by atoms with Crippen molar-refractivity contribution in [1.82, 2.24) is 15.0 Å². The molecule has 0 aliphatic rings. The Labute approximate surface area is 135 Å². The van der Waals surface area contributed by atoms with Gasteiger partial charge in [0.15, 0.2) is 12.0 Å². The maximum Gasteiger partial charge on any atom is 0.172 e. The number of rotatable bonds is 4. The van der Waals surface area contributed by atoms with Gasteiger partial charge < -0.3 is 0 Å². The van der Waals surface area contributed by atoms with Gasteiger partial charge in [0.1, 0.15) is 0 Å². The summed E-state index contributed by atoms with van der Waals surface area (Å²) >= 11 is 0. The smallest absolute Gasteiger partial charge is 0.172 e. The predicted octanol–water partition coefficient (Wildman–Crippen LogP) is 3.73. The van der Waals surface area contributed by atoms with E-state index < -0.39 is 0 Å². The predicted molar refractivity (Wildman–Crippen MR) is 90.6 cm³/mol. The fourth-order valence-corrected chi connectivity index (χ4v) is 2.65. The lowest BCUT2D eigenvalue weighted by Gasteiger charge is -2.10. The number of benzene rings is 2. The van der Waals surface area contributed by atoms with Gasteiger partial charge in [0.05, 0.1) is 12.2 Å². The molecule has 0 saturated heterocycles. The van der Waals surface area contributed by atoms with Crippen LogP contribution < -0.4 is 0 Å². The Bertz CT molecular complexity index is 865. The fourth-order valence-electron chi connectivity index (χ4n) is 2.65. The Morgan fingerprint density at radius 2 is 1.78 bits per heavy atom. The maximum absolute atomic E-state index is 11.4. The second-order valence-electron chi connectivity index (χ2n) is 5.82. The second-order valence-corrected chi connectivity index (χ2v) is 5.82. The Balaban J connectivity index is 2.09. The quantitative estimate of drug-likeness (QED) is 0.690. The molecule has 1 heterocycles. The van der Waals surface area contributed by atoms with Crippen molar-refractivity contribution >= 4 is 6.29 Å². The normalized spacial score (nSPS) is 10.7. The van der Waals surface area contributed by atoms with Gasteiger partial charge in [0.2, 0.25) is 0 Å². The standard InChI is InChI=1S/C19H19N3O/c1-13-8-9-16(10-15(13)3)19-18(12-23)20-21-22(19)11-17-7-5-4-6-14(17)2/h4-10,12H,11H2,1-3H3. The number of aldehydes is 1. The molecule has 3 aromatic rings. The van der Waals surface area contributed by atoms with E-state index in [0.717, 1.165) is 17.5 Å². The zero-order valence-electron chi connectivity index (χ0n) is 13.6. The van der Waals surface area contributed by atoms with Crippen molar-refractivity contribution in [3.8, 4) is 11.3 Å². The average molecular weight is 305 g/mol. The summed E-state index contributed by atoms with van der Waals surface area (Å²) in [6.45, 7) is 6.80. The molecule has 0 atom stereocenters. The third-order valence-corrected chi connectivity index (χ3v) is 4.23. The zero-order valence-corrected chi connectivity index (χ0v) is 13.6. The van der Waals surface area contributed by atoms with Crippen LogP contribution in [0.15, 0.2) is 42.5 Å². The first-order valence-corrected chi connectivity index (χ1v) is 7.61. The molecule has 0 saturated carbocycles. The second kappa shape index (κ2) is 6.16. The molecular formula is C19H19N3O. The van der Waals surface area contributed by atoms with Gasteiger partial charge in [-0.25, -0.2) is 4.68 Å². The molecule has 0 aliphatic heterocycles. The van der Waals surface area contributed by atoms with Crippen molar-refractivity contribution in [3.63, 3.8) is 0 Å². The van der Waals surface area contributed by atoms with Crippen LogP contribution in [0.4, 0.5) is 0 Å². The molecule has 0 unspecified atom stereocenters. The minimum atomic E-state index is 0.377. The summed E-state index contributed by atoms with van der Waals surface area (Å²) in [5.74, 6) is 0. The summed E-state index contributed by atoms with van der Waals surface area (Å²) < 4.78 is 1.80. The van der Waals surface area contributed by atoms with E-state index in [1.165, 1.54) is 22.3 Å². The molecule has 0 aliphatic carbocycles. The van der Waals surface area contributed by atoms with Crippen LogP contribution in [0.1, 0.15) is 32.7 Å². The van der Waals surface area contributed by atoms with Gasteiger partial charge in [-0.2, -0.15) is 0 Å². The number of aromatic nitrogens is 3. The van der Waals surface area contributed by atoms with Crippen LogP contribution in [-0.2, 0) is 6.54 Å². The molecule has 0 N–H and O–H groups in total. The van der Waals surface area contributed by atoms with Crippen LogP contribution >= 0.6 is 0 Å². The number of nitrogens with zero attached hydrogens (tertiary/aromatic N) is 3. The van der Waals surface area contributed by atoms with Crippen LogP contribution in [0.5, 0.6) is 0 Å². The SMILES string of the molecule is Cc1ccc(-c2c(C=O)nnn2Cc2ccccc2C)cc1C. The largest absolute Gasteiger partial charge is 0.296 e. The van der Waals surface area contributed by atoms with E-state index in [1.54, 1.807) is 4.68 Å². The molecule has 0 radical (unpaired) electrons. The molecule has 0 bridgehead atoms. The lowest BCUT2D eigenvalue weighted by atomic mass is 10.0. The summed E-state index contributed by atoms with van der Waals surface area (Å²) in [5.41, 5.74) is 6.88.